The van der Waals surface area contributed by atoms with Crippen molar-refractivity contribution in [2.45, 2.75) is 56.1 Å². The van der Waals surface area contributed by atoms with E-state index >= 15 is 8.78 Å². The van der Waals surface area contributed by atoms with Crippen molar-refractivity contribution in [3.8, 4) is 11.5 Å². The van der Waals surface area contributed by atoms with Gasteiger partial charge < -0.3 is 38.6 Å². The Morgan fingerprint density at radius 2 is 1.84 bits per heavy atom. The molecule has 1 amide bonds. The number of fused-ring (bicyclic) bond motifs is 5. The standard InChI is InChI=1S/C37H35F2N3O9/c38-28-12-23(42-15-25(17-43)51-36(42)46)8-9-30(28)50-20-37(47)10-11-40-24(14-37)19-48-34-31-26(13-29(39)32(34)40)33(44)27(16-41(31)22-6-7-22)35(45)49-18-21-4-2-1-3-5-21/h1-5,8-9,12-13,16,22,24-25,43,47H,6-7,10-11,14-15,17-20H2/t24-,25-,37?/m1/s1. The summed E-state index contributed by atoms with van der Waals surface area (Å²) in [6.07, 6.45) is 2.04. The van der Waals surface area contributed by atoms with Crippen molar-refractivity contribution >= 4 is 34.3 Å². The molecule has 4 heterocycles. The second-order valence-electron chi connectivity index (χ2n) is 13.5. The van der Waals surface area contributed by atoms with Gasteiger partial charge in [-0.1, -0.05) is 30.3 Å². The average Bonchev–Trinajstić information content (AvgIpc) is 3.91. The minimum Gasteiger partial charge on any atom is -0.488 e. The lowest BCUT2D eigenvalue weighted by Crippen LogP contribution is -2.56. The van der Waals surface area contributed by atoms with Gasteiger partial charge in [0.1, 0.15) is 42.8 Å². The quantitative estimate of drug-likeness (QED) is 0.240. The van der Waals surface area contributed by atoms with E-state index in [4.69, 9.17) is 18.9 Å². The van der Waals surface area contributed by atoms with Crippen molar-refractivity contribution in [2.24, 2.45) is 0 Å². The maximum absolute atomic E-state index is 16.1. The number of nitrogens with zero attached hydrogens (tertiary/aromatic N) is 3. The van der Waals surface area contributed by atoms with Crippen molar-refractivity contribution in [1.29, 1.82) is 0 Å². The fraction of sp³-hybridized carbons (Fsp3) is 0.378. The summed E-state index contributed by atoms with van der Waals surface area (Å²) in [5, 5.41) is 20.8. The highest BCUT2D eigenvalue weighted by atomic mass is 19.1. The molecule has 4 aliphatic rings. The molecule has 8 rings (SSSR count). The molecular formula is C37H35F2N3O9. The van der Waals surface area contributed by atoms with E-state index in [2.05, 4.69) is 0 Å². The van der Waals surface area contributed by atoms with Crippen molar-refractivity contribution in [1.82, 2.24) is 4.57 Å². The Morgan fingerprint density at radius 1 is 1.04 bits per heavy atom. The Kier molecular flexibility index (Phi) is 8.30. The minimum atomic E-state index is -1.39. The van der Waals surface area contributed by atoms with Crippen LogP contribution in [-0.2, 0) is 16.1 Å². The van der Waals surface area contributed by atoms with Gasteiger partial charge in [-0.2, -0.15) is 0 Å². The third-order valence-corrected chi connectivity index (χ3v) is 9.95. The fourth-order valence-corrected chi connectivity index (χ4v) is 7.16. The van der Waals surface area contributed by atoms with Gasteiger partial charge in [0.05, 0.1) is 35.8 Å². The number of pyridine rings is 1. The SMILES string of the molecule is O=C(OCc1ccccc1)c1cn(C2CC2)c2c3c(c(F)cc2c1=O)N1CCC(O)(COc2ccc(N4C[C@H](CO)OC4=O)cc2F)C[C@@H]1CO3. The summed E-state index contributed by atoms with van der Waals surface area (Å²) in [7, 11) is 0. The molecule has 1 aliphatic carbocycles. The molecule has 0 bridgehead atoms. The Bertz CT molecular complexity index is 2090. The number of cyclic esters (lactones) is 1. The van der Waals surface area contributed by atoms with Crippen LogP contribution in [0.5, 0.6) is 11.5 Å². The number of aromatic nitrogens is 1. The van der Waals surface area contributed by atoms with Crippen LogP contribution in [0.3, 0.4) is 0 Å². The number of carbonyl (C=O) groups excluding carboxylic acids is 2. The number of hydrogen-bond donors (Lipinski definition) is 2. The molecule has 14 heteroatoms. The first-order valence-corrected chi connectivity index (χ1v) is 16.9. The number of aliphatic hydroxyl groups is 2. The average molecular weight is 704 g/mol. The second-order valence-corrected chi connectivity index (χ2v) is 13.5. The monoisotopic (exact) mass is 703 g/mol. The first kappa shape index (κ1) is 33.0. The number of aliphatic hydroxyl groups excluding tert-OH is 1. The molecule has 3 fully saturated rings. The highest BCUT2D eigenvalue weighted by Crippen LogP contribution is 2.48. The molecule has 3 atom stereocenters. The van der Waals surface area contributed by atoms with E-state index in [-0.39, 0.29) is 92.2 Å². The summed E-state index contributed by atoms with van der Waals surface area (Å²) in [5.41, 5.74) is -0.613. The van der Waals surface area contributed by atoms with Crippen LogP contribution in [0.2, 0.25) is 0 Å². The topological polar surface area (TPSA) is 140 Å². The first-order valence-electron chi connectivity index (χ1n) is 16.9. The zero-order valence-electron chi connectivity index (χ0n) is 27.4. The maximum Gasteiger partial charge on any atom is 0.414 e. The van der Waals surface area contributed by atoms with Gasteiger partial charge in [-0.05, 0) is 43.0 Å². The lowest BCUT2D eigenvalue weighted by molar-refractivity contribution is -0.0401. The molecule has 0 spiro atoms. The molecule has 1 aromatic heterocycles. The Hall–Kier alpha value is -5.21. The lowest BCUT2D eigenvalue weighted by Gasteiger charge is -2.47. The zero-order chi connectivity index (χ0) is 35.4. The zero-order valence-corrected chi connectivity index (χ0v) is 27.4. The molecule has 0 radical (unpaired) electrons. The van der Waals surface area contributed by atoms with Gasteiger partial charge in [-0.3, -0.25) is 9.69 Å². The third-order valence-electron chi connectivity index (χ3n) is 9.95. The number of piperidine rings is 1. The number of halogens is 2. The number of anilines is 2. The summed E-state index contributed by atoms with van der Waals surface area (Å²) >= 11 is 0. The molecule has 1 saturated carbocycles. The van der Waals surface area contributed by atoms with Crippen LogP contribution in [0.4, 0.5) is 25.0 Å². The number of ether oxygens (including phenoxy) is 4. The van der Waals surface area contributed by atoms with Gasteiger partial charge in [0, 0.05) is 31.3 Å². The van der Waals surface area contributed by atoms with E-state index in [9.17, 15) is 24.6 Å². The Balaban J connectivity index is 1.01. The van der Waals surface area contributed by atoms with E-state index in [1.54, 1.807) is 12.1 Å². The van der Waals surface area contributed by atoms with Crippen molar-refractivity contribution in [3.63, 3.8) is 0 Å². The molecule has 2 N–H and O–H groups in total. The molecule has 3 aliphatic heterocycles. The second kappa shape index (κ2) is 12.8. The van der Waals surface area contributed by atoms with Crippen LogP contribution in [0.25, 0.3) is 10.9 Å². The highest BCUT2D eigenvalue weighted by molar-refractivity contribution is 5.98. The molecule has 12 nitrogen and oxygen atoms in total. The summed E-state index contributed by atoms with van der Waals surface area (Å²) in [6, 6.07) is 13.8. The smallest absolute Gasteiger partial charge is 0.414 e. The summed E-state index contributed by atoms with van der Waals surface area (Å²) in [6.45, 7) is -0.219. The number of esters is 1. The van der Waals surface area contributed by atoms with Crippen LogP contribution in [-0.4, -0.2) is 77.5 Å². The molecule has 4 aromatic rings. The van der Waals surface area contributed by atoms with Crippen molar-refractivity contribution in [2.75, 3.05) is 42.7 Å². The van der Waals surface area contributed by atoms with E-state index in [0.717, 1.165) is 30.5 Å². The fourth-order valence-electron chi connectivity index (χ4n) is 7.16. The normalized spacial score (nSPS) is 22.6. The number of rotatable bonds is 9. The van der Waals surface area contributed by atoms with E-state index in [0.29, 0.717) is 5.52 Å². The lowest BCUT2D eigenvalue weighted by atomic mass is 9.86. The predicted octanol–water partition coefficient (Wildman–Crippen LogP) is 4.46. The highest BCUT2D eigenvalue weighted by Gasteiger charge is 2.44. The molecule has 3 aromatic carbocycles. The van der Waals surface area contributed by atoms with Gasteiger partial charge in [0.25, 0.3) is 0 Å². The van der Waals surface area contributed by atoms with Gasteiger partial charge in [0.2, 0.25) is 5.43 Å². The number of benzene rings is 3. The predicted molar refractivity (Wildman–Crippen MR) is 179 cm³/mol. The first-order chi connectivity index (χ1) is 24.6. The third kappa shape index (κ3) is 6.12. The van der Waals surface area contributed by atoms with Gasteiger partial charge >= 0.3 is 12.1 Å². The number of amides is 1. The van der Waals surface area contributed by atoms with Gasteiger partial charge in [-0.15, -0.1) is 0 Å². The largest absolute Gasteiger partial charge is 0.488 e. The van der Waals surface area contributed by atoms with E-state index in [1.165, 1.54) is 23.2 Å². The van der Waals surface area contributed by atoms with Gasteiger partial charge in [0.15, 0.2) is 23.1 Å². The Morgan fingerprint density at radius 3 is 2.57 bits per heavy atom. The van der Waals surface area contributed by atoms with Crippen LogP contribution in [0.15, 0.2) is 65.6 Å². The molecule has 2 saturated heterocycles. The molecular weight excluding hydrogens is 668 g/mol. The number of carbonyl (C=O) groups is 2. The maximum atomic E-state index is 16.1. The van der Waals surface area contributed by atoms with E-state index < -0.39 is 46.9 Å². The van der Waals surface area contributed by atoms with Crippen LogP contribution < -0.4 is 24.7 Å². The van der Waals surface area contributed by atoms with Gasteiger partial charge in [-0.25, -0.2) is 18.4 Å². The van der Waals surface area contributed by atoms with Crippen molar-refractivity contribution in [3.05, 3.63) is 93.8 Å². The summed E-state index contributed by atoms with van der Waals surface area (Å²) < 4.78 is 55.3. The molecule has 1 unspecified atom stereocenters. The minimum absolute atomic E-state index is 0.00402. The Labute approximate surface area is 290 Å². The van der Waals surface area contributed by atoms with Crippen LogP contribution in [0, 0.1) is 11.6 Å². The number of hydrogen-bond acceptors (Lipinski definition) is 10. The summed E-state index contributed by atoms with van der Waals surface area (Å²) in [4.78, 5) is 41.9. The van der Waals surface area contributed by atoms with Crippen molar-refractivity contribution < 1.29 is 47.5 Å². The summed E-state index contributed by atoms with van der Waals surface area (Å²) in [5.74, 6) is -2.13. The van der Waals surface area contributed by atoms with E-state index in [1.807, 2.05) is 27.7 Å². The molecule has 51 heavy (non-hydrogen) atoms. The van der Waals surface area contributed by atoms with Crippen LogP contribution in [0.1, 0.15) is 47.6 Å². The van der Waals surface area contributed by atoms with Crippen LogP contribution >= 0.6 is 0 Å². The molecule has 266 valence electrons.